The van der Waals surface area contributed by atoms with Crippen LogP contribution < -0.4 is 4.18 Å². The minimum Gasteiger partial charge on any atom is -0.740 e. The lowest BCUT2D eigenvalue weighted by atomic mass is 10.3. The van der Waals surface area contributed by atoms with Crippen molar-refractivity contribution >= 4 is 43.2 Å². The standard InChI is InChI=1S/C6H4Br2O3S/c7-4-1-2-6(5(8)3-4)11-12(9)10/h1-3H,(H,9,10)/p-1. The molecule has 1 rings (SSSR count). The smallest absolute Gasteiger partial charge is 0.153 e. The Bertz CT molecular complexity index is 316. The quantitative estimate of drug-likeness (QED) is 0.788. The van der Waals surface area contributed by atoms with Crippen LogP contribution >= 0.6 is 31.9 Å². The summed E-state index contributed by atoms with van der Waals surface area (Å²) >= 11 is 3.84. The second-order valence-corrected chi connectivity index (χ2v) is 4.21. The zero-order chi connectivity index (χ0) is 9.14. The van der Waals surface area contributed by atoms with Crippen LogP contribution in [-0.4, -0.2) is 8.76 Å². The van der Waals surface area contributed by atoms with Gasteiger partial charge in [0.25, 0.3) is 0 Å². The van der Waals surface area contributed by atoms with Gasteiger partial charge in [0.2, 0.25) is 0 Å². The van der Waals surface area contributed by atoms with E-state index in [1.54, 1.807) is 18.2 Å². The van der Waals surface area contributed by atoms with Crippen molar-refractivity contribution in [3.05, 3.63) is 27.1 Å². The number of rotatable bonds is 2. The van der Waals surface area contributed by atoms with Gasteiger partial charge in [-0.3, -0.25) is 0 Å². The predicted octanol–water partition coefficient (Wildman–Crippen LogP) is 2.38. The first-order valence-electron chi connectivity index (χ1n) is 2.82. The van der Waals surface area contributed by atoms with Crippen molar-refractivity contribution in [3.8, 4) is 5.75 Å². The zero-order valence-corrected chi connectivity index (χ0v) is 9.61. The fraction of sp³-hybridized carbons (Fsp3) is 0. The van der Waals surface area contributed by atoms with Crippen LogP contribution in [-0.2, 0) is 11.4 Å². The van der Waals surface area contributed by atoms with Gasteiger partial charge in [0, 0.05) is 4.47 Å². The summed E-state index contributed by atoms with van der Waals surface area (Å²) in [5.74, 6) is 0.270. The Kier molecular flexibility index (Phi) is 3.70. The van der Waals surface area contributed by atoms with E-state index in [4.69, 9.17) is 0 Å². The largest absolute Gasteiger partial charge is 0.740 e. The van der Waals surface area contributed by atoms with Crippen molar-refractivity contribution in [2.45, 2.75) is 0 Å². The maximum atomic E-state index is 10.2. The van der Waals surface area contributed by atoms with Gasteiger partial charge < -0.3 is 8.74 Å². The van der Waals surface area contributed by atoms with Crippen molar-refractivity contribution in [2.24, 2.45) is 0 Å². The monoisotopic (exact) mass is 313 g/mol. The molecular formula is C6H3Br2O3S-. The fourth-order valence-corrected chi connectivity index (χ4v) is 2.14. The Labute approximate surface area is 88.9 Å². The van der Waals surface area contributed by atoms with Gasteiger partial charge >= 0.3 is 0 Å². The second kappa shape index (κ2) is 4.36. The highest BCUT2D eigenvalue weighted by Gasteiger charge is 2.00. The molecule has 0 bridgehead atoms. The average molecular weight is 315 g/mol. The molecule has 12 heavy (non-hydrogen) atoms. The molecule has 0 heterocycles. The van der Waals surface area contributed by atoms with Gasteiger partial charge in [0.15, 0.2) is 5.75 Å². The molecule has 0 saturated carbocycles. The molecule has 0 radical (unpaired) electrons. The Hall–Kier alpha value is 0.0900. The molecule has 0 aromatic heterocycles. The Balaban J connectivity index is 2.93. The van der Waals surface area contributed by atoms with Crippen LogP contribution in [0.3, 0.4) is 0 Å². The Morgan fingerprint density at radius 2 is 2.08 bits per heavy atom. The summed E-state index contributed by atoms with van der Waals surface area (Å²) in [4.78, 5) is 0. The first-order chi connectivity index (χ1) is 5.59. The van der Waals surface area contributed by atoms with Crippen LogP contribution in [0.4, 0.5) is 0 Å². The van der Waals surface area contributed by atoms with Crippen LogP contribution in [0.1, 0.15) is 0 Å². The summed E-state index contributed by atoms with van der Waals surface area (Å²) in [7, 11) is 0. The van der Waals surface area contributed by atoms with Gasteiger partial charge in [-0.05, 0) is 34.1 Å². The topological polar surface area (TPSA) is 49.4 Å². The molecular weight excluding hydrogens is 312 g/mol. The maximum absolute atomic E-state index is 10.2. The Morgan fingerprint density at radius 3 is 2.58 bits per heavy atom. The van der Waals surface area contributed by atoms with E-state index in [-0.39, 0.29) is 5.75 Å². The first kappa shape index (κ1) is 10.2. The van der Waals surface area contributed by atoms with E-state index < -0.39 is 11.4 Å². The van der Waals surface area contributed by atoms with Crippen molar-refractivity contribution in [2.75, 3.05) is 0 Å². The summed E-state index contributed by atoms with van der Waals surface area (Å²) in [6, 6.07) is 4.93. The van der Waals surface area contributed by atoms with E-state index in [1.165, 1.54) is 0 Å². The number of benzene rings is 1. The molecule has 1 unspecified atom stereocenters. The molecule has 0 spiro atoms. The van der Waals surface area contributed by atoms with E-state index >= 15 is 0 Å². The van der Waals surface area contributed by atoms with E-state index in [1.807, 2.05) is 0 Å². The van der Waals surface area contributed by atoms with Crippen LogP contribution in [0.15, 0.2) is 27.1 Å². The molecule has 0 saturated heterocycles. The molecule has 0 aliphatic heterocycles. The number of hydrogen-bond acceptors (Lipinski definition) is 3. The third-order valence-corrected chi connectivity index (χ3v) is 2.48. The molecule has 0 aliphatic carbocycles. The lowest BCUT2D eigenvalue weighted by Crippen LogP contribution is -1.98. The van der Waals surface area contributed by atoms with Crippen molar-refractivity contribution in [1.29, 1.82) is 0 Å². The molecule has 6 heteroatoms. The molecule has 3 nitrogen and oxygen atoms in total. The minimum atomic E-state index is -2.53. The van der Waals surface area contributed by atoms with Crippen LogP contribution in [0.25, 0.3) is 0 Å². The molecule has 0 aliphatic rings. The average Bonchev–Trinajstić information content (AvgIpc) is 1.94. The van der Waals surface area contributed by atoms with Gasteiger partial charge in [-0.2, -0.15) is 0 Å². The summed E-state index contributed by atoms with van der Waals surface area (Å²) in [5, 5.41) is 0. The lowest BCUT2D eigenvalue weighted by molar-refractivity contribution is 0.439. The molecule has 1 atom stereocenters. The van der Waals surface area contributed by atoms with Gasteiger partial charge in [-0.15, -0.1) is 0 Å². The molecule has 66 valence electrons. The highest BCUT2D eigenvalue weighted by atomic mass is 79.9. The van der Waals surface area contributed by atoms with E-state index in [2.05, 4.69) is 36.0 Å². The molecule has 0 amide bonds. The normalized spacial score (nSPS) is 12.6. The van der Waals surface area contributed by atoms with Gasteiger partial charge in [0.1, 0.15) is 11.4 Å². The van der Waals surface area contributed by atoms with Crippen LogP contribution in [0.5, 0.6) is 5.75 Å². The number of halogens is 2. The summed E-state index contributed by atoms with van der Waals surface area (Å²) in [6.45, 7) is 0. The van der Waals surface area contributed by atoms with E-state index in [9.17, 15) is 8.76 Å². The predicted molar refractivity (Wildman–Crippen MR) is 51.4 cm³/mol. The molecule has 0 fully saturated rings. The van der Waals surface area contributed by atoms with Crippen LogP contribution in [0.2, 0.25) is 0 Å². The highest BCUT2D eigenvalue weighted by Crippen LogP contribution is 2.28. The Morgan fingerprint density at radius 1 is 1.42 bits per heavy atom. The van der Waals surface area contributed by atoms with Crippen molar-refractivity contribution in [1.82, 2.24) is 0 Å². The van der Waals surface area contributed by atoms with Crippen molar-refractivity contribution < 1.29 is 12.9 Å². The second-order valence-electron chi connectivity index (χ2n) is 1.86. The fourth-order valence-electron chi connectivity index (χ4n) is 0.616. The van der Waals surface area contributed by atoms with E-state index in [0.29, 0.717) is 4.47 Å². The van der Waals surface area contributed by atoms with Gasteiger partial charge in [-0.1, -0.05) is 15.9 Å². The SMILES string of the molecule is O=S([O-])Oc1ccc(Br)cc1Br. The third kappa shape index (κ3) is 2.85. The van der Waals surface area contributed by atoms with Crippen LogP contribution in [0, 0.1) is 0 Å². The highest BCUT2D eigenvalue weighted by molar-refractivity contribution is 9.11. The minimum absolute atomic E-state index is 0.270. The molecule has 0 N–H and O–H groups in total. The number of hydrogen-bond donors (Lipinski definition) is 0. The van der Waals surface area contributed by atoms with Gasteiger partial charge in [0.05, 0.1) is 4.47 Å². The molecule has 1 aromatic rings. The van der Waals surface area contributed by atoms with Crippen molar-refractivity contribution in [3.63, 3.8) is 0 Å². The summed E-state index contributed by atoms with van der Waals surface area (Å²) in [6.07, 6.45) is 0. The molecule has 1 aromatic carbocycles. The van der Waals surface area contributed by atoms with E-state index in [0.717, 1.165) is 4.47 Å². The summed E-state index contributed by atoms with van der Waals surface area (Å²) < 4.78 is 26.2. The maximum Gasteiger partial charge on any atom is 0.153 e. The third-order valence-electron chi connectivity index (χ3n) is 1.05. The van der Waals surface area contributed by atoms with Gasteiger partial charge in [-0.25, -0.2) is 4.21 Å². The lowest BCUT2D eigenvalue weighted by Gasteiger charge is -2.08. The summed E-state index contributed by atoms with van der Waals surface area (Å²) in [5.41, 5.74) is 0. The zero-order valence-electron chi connectivity index (χ0n) is 5.62. The first-order valence-corrected chi connectivity index (χ1v) is 5.41.